The topological polar surface area (TPSA) is 40.5 Å². The minimum atomic E-state index is -0.664. The van der Waals surface area contributed by atoms with Crippen molar-refractivity contribution in [1.82, 2.24) is 0 Å². The molecule has 3 unspecified atom stereocenters. The van der Waals surface area contributed by atoms with Crippen molar-refractivity contribution in [3.8, 4) is 0 Å². The highest BCUT2D eigenvalue weighted by atomic mass is 16.3. The molecule has 3 atom stereocenters. The minimum Gasteiger partial charge on any atom is -0.390 e. The van der Waals surface area contributed by atoms with Gasteiger partial charge in [0, 0.05) is 6.42 Å². The van der Waals surface area contributed by atoms with Gasteiger partial charge >= 0.3 is 0 Å². The summed E-state index contributed by atoms with van der Waals surface area (Å²) in [5.74, 6) is 0.142. The summed E-state index contributed by atoms with van der Waals surface area (Å²) in [7, 11) is 0. The van der Waals surface area contributed by atoms with E-state index in [1.54, 1.807) is 0 Å². The highest BCUT2D eigenvalue weighted by Gasteiger charge is 2.21. The lowest BCUT2D eigenvalue weighted by Gasteiger charge is -2.22. The molecule has 0 radical (unpaired) electrons. The zero-order valence-electron chi connectivity index (χ0n) is 9.43. The second kappa shape index (κ2) is 5.89. The van der Waals surface area contributed by atoms with Crippen molar-refractivity contribution in [2.75, 3.05) is 0 Å². The number of benzene rings is 1. The molecule has 0 bridgehead atoms. The quantitative estimate of drug-likeness (QED) is 0.777. The Kier molecular flexibility index (Phi) is 4.79. The first kappa shape index (κ1) is 12.2. The third kappa shape index (κ3) is 3.65. The summed E-state index contributed by atoms with van der Waals surface area (Å²) in [6.45, 7) is 3.97. The van der Waals surface area contributed by atoms with Gasteiger partial charge in [-0.15, -0.1) is 0 Å². The molecule has 1 rings (SSSR count). The van der Waals surface area contributed by atoms with Gasteiger partial charge in [0.2, 0.25) is 0 Å². The molecule has 1 aromatic rings. The Balaban J connectivity index is 2.52. The van der Waals surface area contributed by atoms with Gasteiger partial charge in [0.1, 0.15) is 0 Å². The number of rotatable bonds is 5. The summed E-state index contributed by atoms with van der Waals surface area (Å²) in [5, 5.41) is 19.6. The SMILES string of the molecule is CCC(C)C(O)C(O)Cc1ccccc1. The van der Waals surface area contributed by atoms with E-state index in [4.69, 9.17) is 0 Å². The van der Waals surface area contributed by atoms with Crippen LogP contribution in [-0.2, 0) is 6.42 Å². The Morgan fingerprint density at radius 3 is 2.27 bits per heavy atom. The van der Waals surface area contributed by atoms with Gasteiger partial charge in [0.05, 0.1) is 12.2 Å². The predicted octanol–water partition coefficient (Wildman–Crippen LogP) is 2.00. The van der Waals surface area contributed by atoms with E-state index in [0.29, 0.717) is 6.42 Å². The largest absolute Gasteiger partial charge is 0.390 e. The van der Waals surface area contributed by atoms with Crippen LogP contribution < -0.4 is 0 Å². The number of aliphatic hydroxyl groups is 2. The molecule has 2 N–H and O–H groups in total. The Morgan fingerprint density at radius 1 is 1.13 bits per heavy atom. The molecule has 0 aliphatic heterocycles. The van der Waals surface area contributed by atoms with Gasteiger partial charge in [-0.05, 0) is 11.5 Å². The number of hydrogen-bond acceptors (Lipinski definition) is 2. The molecule has 15 heavy (non-hydrogen) atoms. The maximum Gasteiger partial charge on any atom is 0.0841 e. The van der Waals surface area contributed by atoms with Crippen molar-refractivity contribution in [2.24, 2.45) is 5.92 Å². The van der Waals surface area contributed by atoms with E-state index in [0.717, 1.165) is 12.0 Å². The summed E-state index contributed by atoms with van der Waals surface area (Å²) < 4.78 is 0. The van der Waals surface area contributed by atoms with Gasteiger partial charge in [-0.25, -0.2) is 0 Å². The lowest BCUT2D eigenvalue weighted by Crippen LogP contribution is -2.33. The van der Waals surface area contributed by atoms with Crippen molar-refractivity contribution in [2.45, 2.75) is 38.9 Å². The second-order valence-electron chi connectivity index (χ2n) is 4.13. The smallest absolute Gasteiger partial charge is 0.0841 e. The van der Waals surface area contributed by atoms with Gasteiger partial charge in [0.25, 0.3) is 0 Å². The van der Waals surface area contributed by atoms with Crippen LogP contribution in [0.2, 0.25) is 0 Å². The van der Waals surface area contributed by atoms with E-state index in [2.05, 4.69) is 0 Å². The molecule has 2 heteroatoms. The summed E-state index contributed by atoms with van der Waals surface area (Å²) in [4.78, 5) is 0. The predicted molar refractivity (Wildman–Crippen MR) is 61.6 cm³/mol. The summed E-state index contributed by atoms with van der Waals surface area (Å²) in [5.41, 5.74) is 1.06. The van der Waals surface area contributed by atoms with E-state index < -0.39 is 12.2 Å². The van der Waals surface area contributed by atoms with E-state index in [1.807, 2.05) is 44.2 Å². The molecule has 84 valence electrons. The summed E-state index contributed by atoms with van der Waals surface area (Å²) in [6.07, 6.45) is 0.108. The molecule has 0 aliphatic carbocycles. The van der Waals surface area contributed by atoms with Crippen molar-refractivity contribution in [1.29, 1.82) is 0 Å². The fraction of sp³-hybridized carbons (Fsp3) is 0.538. The number of aliphatic hydroxyl groups excluding tert-OH is 2. The van der Waals surface area contributed by atoms with Crippen molar-refractivity contribution >= 4 is 0 Å². The Morgan fingerprint density at radius 2 is 1.73 bits per heavy atom. The summed E-state index contributed by atoms with van der Waals surface area (Å²) >= 11 is 0. The molecular formula is C13H20O2. The van der Waals surface area contributed by atoms with Crippen LogP contribution in [0.3, 0.4) is 0 Å². The average Bonchev–Trinajstić information content (AvgIpc) is 2.28. The van der Waals surface area contributed by atoms with Gasteiger partial charge in [-0.2, -0.15) is 0 Å². The normalized spacial score (nSPS) is 17.1. The van der Waals surface area contributed by atoms with Gasteiger partial charge in [-0.1, -0.05) is 50.6 Å². The van der Waals surface area contributed by atoms with Crippen LogP contribution in [0.25, 0.3) is 0 Å². The molecular weight excluding hydrogens is 188 g/mol. The third-order valence-corrected chi connectivity index (χ3v) is 2.91. The average molecular weight is 208 g/mol. The van der Waals surface area contributed by atoms with Gasteiger partial charge in [0.15, 0.2) is 0 Å². The Bertz CT molecular complexity index is 271. The maximum absolute atomic E-state index is 9.82. The molecule has 0 aromatic heterocycles. The van der Waals surface area contributed by atoms with Crippen molar-refractivity contribution in [3.05, 3.63) is 35.9 Å². The molecule has 0 fully saturated rings. The molecule has 0 heterocycles. The van der Waals surface area contributed by atoms with Crippen LogP contribution in [0, 0.1) is 5.92 Å². The highest BCUT2D eigenvalue weighted by molar-refractivity contribution is 5.15. The molecule has 0 saturated heterocycles. The van der Waals surface area contributed by atoms with Gasteiger partial charge < -0.3 is 10.2 Å². The van der Waals surface area contributed by atoms with Crippen LogP contribution in [0.4, 0.5) is 0 Å². The fourth-order valence-electron chi connectivity index (χ4n) is 1.60. The molecule has 1 aromatic carbocycles. The zero-order chi connectivity index (χ0) is 11.3. The minimum absolute atomic E-state index is 0.142. The first-order valence-electron chi connectivity index (χ1n) is 5.55. The molecule has 0 spiro atoms. The maximum atomic E-state index is 9.82. The summed E-state index contributed by atoms with van der Waals surface area (Å²) in [6, 6.07) is 9.76. The third-order valence-electron chi connectivity index (χ3n) is 2.91. The van der Waals surface area contributed by atoms with Gasteiger partial charge in [-0.3, -0.25) is 0 Å². The van der Waals surface area contributed by atoms with E-state index in [9.17, 15) is 10.2 Å². The molecule has 0 amide bonds. The van der Waals surface area contributed by atoms with Crippen LogP contribution in [0.1, 0.15) is 25.8 Å². The van der Waals surface area contributed by atoms with E-state index in [1.165, 1.54) is 0 Å². The monoisotopic (exact) mass is 208 g/mol. The van der Waals surface area contributed by atoms with Crippen molar-refractivity contribution in [3.63, 3.8) is 0 Å². The van der Waals surface area contributed by atoms with Crippen LogP contribution >= 0.6 is 0 Å². The Labute approximate surface area is 91.6 Å². The zero-order valence-corrected chi connectivity index (χ0v) is 9.43. The fourth-order valence-corrected chi connectivity index (χ4v) is 1.60. The first-order valence-corrected chi connectivity index (χ1v) is 5.55. The second-order valence-corrected chi connectivity index (χ2v) is 4.13. The lowest BCUT2D eigenvalue weighted by molar-refractivity contribution is -0.0128. The van der Waals surface area contributed by atoms with Crippen LogP contribution in [-0.4, -0.2) is 22.4 Å². The first-order chi connectivity index (χ1) is 7.15. The molecule has 0 aliphatic rings. The highest BCUT2D eigenvalue weighted by Crippen LogP contribution is 2.14. The number of hydrogen-bond donors (Lipinski definition) is 2. The van der Waals surface area contributed by atoms with E-state index >= 15 is 0 Å². The molecule has 0 saturated carbocycles. The molecule has 2 nitrogen and oxygen atoms in total. The lowest BCUT2D eigenvalue weighted by atomic mass is 9.93. The Hall–Kier alpha value is -0.860. The van der Waals surface area contributed by atoms with Crippen LogP contribution in [0.5, 0.6) is 0 Å². The van der Waals surface area contributed by atoms with Crippen molar-refractivity contribution < 1.29 is 10.2 Å². The standard InChI is InChI=1S/C13H20O2/c1-3-10(2)13(15)12(14)9-11-7-5-4-6-8-11/h4-8,10,12-15H,3,9H2,1-2H3. The van der Waals surface area contributed by atoms with Crippen LogP contribution in [0.15, 0.2) is 30.3 Å². The van der Waals surface area contributed by atoms with E-state index in [-0.39, 0.29) is 5.92 Å².